The second kappa shape index (κ2) is 11.0. The number of benzene rings is 3. The molecule has 2 heterocycles. The largest absolute Gasteiger partial charge is 0.493 e. The number of piperidine rings is 1. The van der Waals surface area contributed by atoms with Crippen molar-refractivity contribution in [2.75, 3.05) is 26.7 Å². The van der Waals surface area contributed by atoms with Gasteiger partial charge >= 0.3 is 6.09 Å². The number of halogens is 1. The third-order valence-electron chi connectivity index (χ3n) is 8.45. The molecule has 2 aliphatic heterocycles. The van der Waals surface area contributed by atoms with Crippen LogP contribution in [0.25, 0.3) is 10.8 Å². The maximum Gasteiger partial charge on any atom is 0.410 e. The summed E-state index contributed by atoms with van der Waals surface area (Å²) >= 11 is 6.48. The van der Waals surface area contributed by atoms with Gasteiger partial charge < -0.3 is 19.3 Å². The van der Waals surface area contributed by atoms with Crippen LogP contribution in [0.5, 0.6) is 5.75 Å². The van der Waals surface area contributed by atoms with E-state index in [0.29, 0.717) is 44.0 Å². The third kappa shape index (κ3) is 5.78. The molecule has 0 saturated carbocycles. The normalized spacial score (nSPS) is 17.2. The van der Waals surface area contributed by atoms with E-state index in [1.165, 1.54) is 5.56 Å². The van der Waals surface area contributed by atoms with Crippen molar-refractivity contribution in [1.29, 1.82) is 0 Å². The van der Waals surface area contributed by atoms with Gasteiger partial charge in [-0.15, -0.1) is 0 Å². The Hall–Kier alpha value is -3.25. The Bertz CT molecular complexity index is 1420. The van der Waals surface area contributed by atoms with E-state index in [2.05, 4.69) is 25.1 Å². The quantitative estimate of drug-likeness (QED) is 0.327. The molecule has 1 unspecified atom stereocenters. The SMILES string of the molecule is CC(c1cc(Cl)cc2ccccc12)N(C)C(=O)CC1(c2ccc3c(c2)CCO3)CCN(C(=O)OC(C)(C)C)CC1. The van der Waals surface area contributed by atoms with Gasteiger partial charge in [0, 0.05) is 43.4 Å². The van der Waals surface area contributed by atoms with Crippen LogP contribution in [0.3, 0.4) is 0 Å². The molecule has 0 N–H and O–H groups in total. The standard InChI is InChI=1S/C33H39ClN2O4/c1-22(28-20-26(34)19-23-8-6-7-9-27(23)28)35(5)30(37)21-33(25-10-11-29-24(18-25)12-17-39-29)13-15-36(16-14-33)31(38)40-32(2,3)4/h6-11,18-20,22H,12-17,21H2,1-5H3. The molecular formula is C33H39ClN2O4. The summed E-state index contributed by atoms with van der Waals surface area (Å²) in [7, 11) is 1.88. The van der Waals surface area contributed by atoms with Gasteiger partial charge in [0.2, 0.25) is 5.91 Å². The average molecular weight is 563 g/mol. The minimum Gasteiger partial charge on any atom is -0.493 e. The van der Waals surface area contributed by atoms with E-state index >= 15 is 0 Å². The number of hydrogen-bond acceptors (Lipinski definition) is 4. The van der Waals surface area contributed by atoms with Crippen LogP contribution in [-0.2, 0) is 21.4 Å². The lowest BCUT2D eigenvalue weighted by Crippen LogP contribution is -2.48. The molecule has 212 valence electrons. The first kappa shape index (κ1) is 28.3. The number of carbonyl (C=O) groups excluding carboxylic acids is 2. The number of likely N-dealkylation sites (tertiary alicyclic amines) is 1. The molecular weight excluding hydrogens is 524 g/mol. The molecule has 3 aromatic carbocycles. The lowest BCUT2D eigenvalue weighted by Gasteiger charge is -2.43. The van der Waals surface area contributed by atoms with Crippen LogP contribution in [0.4, 0.5) is 4.79 Å². The van der Waals surface area contributed by atoms with E-state index in [1.54, 1.807) is 4.90 Å². The van der Waals surface area contributed by atoms with Gasteiger partial charge in [-0.25, -0.2) is 4.79 Å². The topological polar surface area (TPSA) is 59.1 Å². The van der Waals surface area contributed by atoms with Crippen LogP contribution in [0.1, 0.15) is 69.7 Å². The van der Waals surface area contributed by atoms with Gasteiger partial charge in [0.25, 0.3) is 0 Å². The summed E-state index contributed by atoms with van der Waals surface area (Å²) in [6, 6.07) is 18.3. The molecule has 0 aliphatic carbocycles. The summed E-state index contributed by atoms with van der Waals surface area (Å²) in [5.41, 5.74) is 2.42. The van der Waals surface area contributed by atoms with Gasteiger partial charge in [-0.1, -0.05) is 48.0 Å². The van der Waals surface area contributed by atoms with Gasteiger partial charge in [0.1, 0.15) is 11.4 Å². The van der Waals surface area contributed by atoms with E-state index < -0.39 is 11.0 Å². The highest BCUT2D eigenvalue weighted by Gasteiger charge is 2.41. The summed E-state index contributed by atoms with van der Waals surface area (Å²) in [4.78, 5) is 30.5. The van der Waals surface area contributed by atoms with Crippen molar-refractivity contribution in [3.05, 3.63) is 76.3 Å². The van der Waals surface area contributed by atoms with E-state index in [9.17, 15) is 9.59 Å². The Morgan fingerprint density at radius 1 is 1.10 bits per heavy atom. The highest BCUT2D eigenvalue weighted by molar-refractivity contribution is 6.31. The van der Waals surface area contributed by atoms with E-state index in [4.69, 9.17) is 21.1 Å². The molecule has 6 nitrogen and oxygen atoms in total. The van der Waals surface area contributed by atoms with Crippen LogP contribution >= 0.6 is 11.6 Å². The van der Waals surface area contributed by atoms with Gasteiger partial charge in [0.05, 0.1) is 12.6 Å². The Kier molecular flexibility index (Phi) is 7.75. The van der Waals surface area contributed by atoms with Crippen LogP contribution in [0.15, 0.2) is 54.6 Å². The predicted octanol–water partition coefficient (Wildman–Crippen LogP) is 7.31. The average Bonchev–Trinajstić information content (AvgIpc) is 3.39. The Labute approximate surface area is 242 Å². The third-order valence-corrected chi connectivity index (χ3v) is 8.66. The summed E-state index contributed by atoms with van der Waals surface area (Å²) in [5.74, 6) is 0.994. The summed E-state index contributed by atoms with van der Waals surface area (Å²) in [6.07, 6.45) is 2.29. The Morgan fingerprint density at radius 2 is 1.82 bits per heavy atom. The van der Waals surface area contributed by atoms with Crippen molar-refractivity contribution in [1.82, 2.24) is 9.80 Å². The van der Waals surface area contributed by atoms with Crippen molar-refractivity contribution in [3.8, 4) is 5.75 Å². The first-order valence-electron chi connectivity index (χ1n) is 14.1. The van der Waals surface area contributed by atoms with Crippen molar-refractivity contribution in [2.24, 2.45) is 0 Å². The molecule has 0 spiro atoms. The van der Waals surface area contributed by atoms with Crippen LogP contribution < -0.4 is 4.74 Å². The molecule has 40 heavy (non-hydrogen) atoms. The number of hydrogen-bond donors (Lipinski definition) is 0. The first-order valence-corrected chi connectivity index (χ1v) is 14.5. The smallest absolute Gasteiger partial charge is 0.410 e. The Morgan fingerprint density at radius 3 is 2.55 bits per heavy atom. The van der Waals surface area contributed by atoms with Crippen molar-refractivity contribution in [2.45, 2.75) is 70.4 Å². The predicted molar refractivity (Wildman–Crippen MR) is 159 cm³/mol. The number of rotatable bonds is 5. The van der Waals surface area contributed by atoms with Gasteiger partial charge in [-0.3, -0.25) is 4.79 Å². The second-order valence-electron chi connectivity index (χ2n) is 12.2. The molecule has 0 radical (unpaired) electrons. The molecule has 7 heteroatoms. The molecule has 3 aromatic rings. The second-order valence-corrected chi connectivity index (χ2v) is 12.7. The van der Waals surface area contributed by atoms with Gasteiger partial charge in [-0.05, 0) is 86.2 Å². The summed E-state index contributed by atoms with van der Waals surface area (Å²) < 4.78 is 11.4. The maximum atomic E-state index is 14.0. The summed E-state index contributed by atoms with van der Waals surface area (Å²) in [5, 5.41) is 2.81. The molecule has 1 fully saturated rings. The maximum absolute atomic E-state index is 14.0. The molecule has 1 saturated heterocycles. The van der Waals surface area contributed by atoms with Crippen LogP contribution in [-0.4, -0.2) is 54.1 Å². The number of nitrogens with zero attached hydrogens (tertiary/aromatic N) is 2. The number of amides is 2. The Balaban J connectivity index is 1.41. The van der Waals surface area contributed by atoms with E-state index in [0.717, 1.165) is 34.1 Å². The number of ether oxygens (including phenoxy) is 2. The minimum atomic E-state index is -0.551. The highest BCUT2D eigenvalue weighted by atomic mass is 35.5. The fourth-order valence-corrected chi connectivity index (χ4v) is 6.25. The number of carbonyl (C=O) groups is 2. The molecule has 0 aromatic heterocycles. The molecule has 1 atom stereocenters. The summed E-state index contributed by atoms with van der Waals surface area (Å²) in [6.45, 7) is 9.45. The fraction of sp³-hybridized carbons (Fsp3) is 0.455. The van der Waals surface area contributed by atoms with Crippen molar-refractivity contribution < 1.29 is 19.1 Å². The highest BCUT2D eigenvalue weighted by Crippen LogP contribution is 2.42. The van der Waals surface area contributed by atoms with Gasteiger partial charge in [-0.2, -0.15) is 0 Å². The van der Waals surface area contributed by atoms with Crippen molar-refractivity contribution in [3.63, 3.8) is 0 Å². The zero-order valence-corrected chi connectivity index (χ0v) is 24.9. The number of fused-ring (bicyclic) bond motifs is 2. The molecule has 5 rings (SSSR count). The molecule has 2 amide bonds. The van der Waals surface area contributed by atoms with Crippen LogP contribution in [0, 0.1) is 0 Å². The van der Waals surface area contributed by atoms with Crippen molar-refractivity contribution >= 4 is 34.4 Å². The van der Waals surface area contributed by atoms with E-state index in [-0.39, 0.29) is 18.0 Å². The first-order chi connectivity index (χ1) is 19.0. The minimum absolute atomic E-state index is 0.0685. The molecule has 0 bridgehead atoms. The zero-order chi connectivity index (χ0) is 28.7. The monoisotopic (exact) mass is 562 g/mol. The molecule has 2 aliphatic rings. The zero-order valence-electron chi connectivity index (χ0n) is 24.1. The lowest BCUT2D eigenvalue weighted by atomic mass is 9.69. The fourth-order valence-electron chi connectivity index (χ4n) is 6.01. The van der Waals surface area contributed by atoms with Gasteiger partial charge in [0.15, 0.2) is 0 Å². The van der Waals surface area contributed by atoms with E-state index in [1.807, 2.05) is 69.1 Å². The lowest BCUT2D eigenvalue weighted by molar-refractivity contribution is -0.133. The van der Waals surface area contributed by atoms with Crippen LogP contribution in [0.2, 0.25) is 5.02 Å².